The number of fused-ring (bicyclic) bond motifs is 4. The molecule has 3 heterocycles. The predicted octanol–water partition coefficient (Wildman–Crippen LogP) is 5.17. The van der Waals surface area contributed by atoms with Crippen LogP contribution in [0.5, 0.6) is 5.75 Å². The van der Waals surface area contributed by atoms with Crippen molar-refractivity contribution in [2.45, 2.75) is 24.8 Å². The number of hydrogen-bond donors (Lipinski definition) is 6. The first kappa shape index (κ1) is 39.3. The maximum absolute atomic E-state index is 14.3. The summed E-state index contributed by atoms with van der Waals surface area (Å²) in [5.41, 5.74) is 15.2. The molecule has 2 aliphatic heterocycles. The molecule has 2 atom stereocenters. The quantitative estimate of drug-likeness (QED) is 0.0771. The summed E-state index contributed by atoms with van der Waals surface area (Å²) >= 11 is 3.67. The smallest absolute Gasteiger partial charge is 0.409 e. The second-order valence-electron chi connectivity index (χ2n) is 14.3. The highest BCUT2D eigenvalue weighted by atomic mass is 79.9. The van der Waals surface area contributed by atoms with Gasteiger partial charge in [-0.1, -0.05) is 40.2 Å². The van der Waals surface area contributed by atoms with Crippen LogP contribution in [0.1, 0.15) is 45.2 Å². The Labute approximate surface area is 337 Å². The van der Waals surface area contributed by atoms with Gasteiger partial charge < -0.3 is 51.8 Å². The van der Waals surface area contributed by atoms with Gasteiger partial charge in [-0.15, -0.1) is 0 Å². The molecule has 0 radical (unpaired) electrons. The van der Waals surface area contributed by atoms with Gasteiger partial charge in [0.15, 0.2) is 0 Å². The van der Waals surface area contributed by atoms with Crippen LogP contribution >= 0.6 is 15.9 Å². The van der Waals surface area contributed by atoms with Gasteiger partial charge in [-0.05, 0) is 79.4 Å². The number of piperazine rings is 1. The molecular formula is C41H44BrN9O6. The minimum Gasteiger partial charge on any atom is -0.409 e. The van der Waals surface area contributed by atoms with Crippen LogP contribution in [0, 0.1) is 0 Å². The first-order valence-corrected chi connectivity index (χ1v) is 19.8. The number of nitrogens with two attached hydrogens (primary N) is 2. The molecule has 0 aliphatic carbocycles. The molecule has 57 heavy (non-hydrogen) atoms. The van der Waals surface area contributed by atoms with Gasteiger partial charge in [-0.3, -0.25) is 14.4 Å². The average molecular weight is 839 g/mol. The van der Waals surface area contributed by atoms with Crippen molar-refractivity contribution in [2.24, 2.45) is 11.5 Å². The third kappa shape index (κ3) is 8.72. The normalized spacial score (nSPS) is 15.9. The van der Waals surface area contributed by atoms with E-state index in [0.717, 1.165) is 40.3 Å². The number of aromatic amines is 1. The standard InChI is InChI=1S/C41H44BrN9O6/c1-49-15-17-50(18-16-49)41(56)57-35-21-34-36(30-6-3-2-5-29(30)35)26(22-42)23-51(34)39(54)33-20-25-19-28(12-13-32(25)48-33)47-37(52)24-8-10-27(11-9-24)46-38(53)31(43)7-4-14-45-40(44)55/h2-3,5-6,8-13,19-21,26,31,48H,4,7,14-18,22-23,43H2,1H3,(H,46,53)(H,47,52)(H3,44,45,55)/t26-,31+/m1/s1. The zero-order chi connectivity index (χ0) is 40.2. The lowest BCUT2D eigenvalue weighted by molar-refractivity contribution is -0.117. The fourth-order valence-electron chi connectivity index (χ4n) is 7.24. The van der Waals surface area contributed by atoms with Crippen LogP contribution in [-0.4, -0.2) is 102 Å². The van der Waals surface area contributed by atoms with Crippen molar-refractivity contribution in [2.75, 3.05) is 67.2 Å². The van der Waals surface area contributed by atoms with Crippen molar-refractivity contribution in [1.82, 2.24) is 20.1 Å². The van der Waals surface area contributed by atoms with Crippen molar-refractivity contribution in [3.05, 3.63) is 95.7 Å². The number of H-pyrrole nitrogens is 1. The van der Waals surface area contributed by atoms with E-state index in [2.05, 4.69) is 41.8 Å². The Balaban J connectivity index is 1.04. The van der Waals surface area contributed by atoms with Crippen molar-refractivity contribution < 1.29 is 28.7 Å². The maximum atomic E-state index is 14.3. The van der Waals surface area contributed by atoms with Gasteiger partial charge in [0.05, 0.1) is 11.7 Å². The summed E-state index contributed by atoms with van der Waals surface area (Å²) in [5.74, 6) is -0.565. The zero-order valence-electron chi connectivity index (χ0n) is 31.3. The molecule has 7 rings (SSSR count). The number of benzene rings is 4. The molecule has 0 bridgehead atoms. The van der Waals surface area contributed by atoms with E-state index in [1.165, 1.54) is 0 Å². The van der Waals surface area contributed by atoms with Crippen molar-refractivity contribution >= 4 is 84.5 Å². The van der Waals surface area contributed by atoms with Crippen LogP contribution in [0.25, 0.3) is 21.7 Å². The maximum Gasteiger partial charge on any atom is 0.415 e. The minimum atomic E-state index is -0.781. The van der Waals surface area contributed by atoms with Gasteiger partial charge >= 0.3 is 12.1 Å². The van der Waals surface area contributed by atoms with Crippen molar-refractivity contribution in [1.29, 1.82) is 0 Å². The number of primary amides is 1. The highest BCUT2D eigenvalue weighted by molar-refractivity contribution is 9.09. The predicted molar refractivity (Wildman–Crippen MR) is 223 cm³/mol. The van der Waals surface area contributed by atoms with E-state index in [-0.39, 0.29) is 23.6 Å². The second kappa shape index (κ2) is 17.0. The first-order valence-electron chi connectivity index (χ1n) is 18.7. The molecule has 5 aromatic rings. The van der Waals surface area contributed by atoms with E-state index in [1.54, 1.807) is 58.3 Å². The monoisotopic (exact) mass is 837 g/mol. The number of carbonyl (C=O) groups excluding carboxylic acids is 5. The van der Waals surface area contributed by atoms with Gasteiger partial charge in [0.1, 0.15) is 11.4 Å². The lowest BCUT2D eigenvalue weighted by atomic mass is 9.95. The van der Waals surface area contributed by atoms with E-state index < -0.39 is 18.2 Å². The summed E-state index contributed by atoms with van der Waals surface area (Å²) < 4.78 is 6.05. The number of halogens is 1. The molecule has 0 unspecified atom stereocenters. The number of nitrogens with zero attached hydrogens (tertiary/aromatic N) is 3. The lowest BCUT2D eigenvalue weighted by Gasteiger charge is -2.31. The number of hydrogen-bond acceptors (Lipinski definition) is 8. The molecule has 4 aromatic carbocycles. The molecule has 2 aliphatic rings. The van der Waals surface area contributed by atoms with Gasteiger partial charge in [0.2, 0.25) is 5.91 Å². The molecule has 16 heteroatoms. The first-order chi connectivity index (χ1) is 27.5. The van der Waals surface area contributed by atoms with E-state index in [0.29, 0.717) is 78.4 Å². The third-order valence-electron chi connectivity index (χ3n) is 10.4. The van der Waals surface area contributed by atoms with Gasteiger partial charge in [-0.2, -0.15) is 0 Å². The summed E-state index contributed by atoms with van der Waals surface area (Å²) in [4.78, 5) is 72.9. The van der Waals surface area contributed by atoms with E-state index in [1.807, 2.05) is 37.4 Å². The van der Waals surface area contributed by atoms with Crippen molar-refractivity contribution in [3.8, 4) is 5.75 Å². The molecule has 6 amide bonds. The fourth-order valence-corrected chi connectivity index (χ4v) is 7.77. The molecular weight excluding hydrogens is 794 g/mol. The molecule has 0 saturated carbocycles. The SMILES string of the molecule is CN1CCN(C(=O)Oc2cc3c(c4ccccc24)[C@H](CBr)CN3C(=O)c2cc3cc(NC(=O)c4ccc(NC(=O)[C@@H](N)CCCNC(N)=O)cc4)ccc3[nH]2)CC1. The number of aromatic nitrogens is 1. The average Bonchev–Trinajstić information content (AvgIpc) is 3.81. The highest BCUT2D eigenvalue weighted by Crippen LogP contribution is 2.46. The van der Waals surface area contributed by atoms with Gasteiger partial charge in [-0.25, -0.2) is 9.59 Å². The van der Waals surface area contributed by atoms with Crippen LogP contribution < -0.4 is 37.1 Å². The second-order valence-corrected chi connectivity index (χ2v) is 15.0. The largest absolute Gasteiger partial charge is 0.415 e. The Morgan fingerprint density at radius 1 is 0.912 bits per heavy atom. The fraction of sp³-hybridized carbons (Fsp3) is 0.293. The van der Waals surface area contributed by atoms with Crippen LogP contribution in [0.15, 0.2) is 78.9 Å². The number of nitrogens with one attached hydrogen (secondary N) is 4. The molecule has 1 fully saturated rings. The van der Waals surface area contributed by atoms with Crippen LogP contribution in [0.4, 0.5) is 26.7 Å². The summed E-state index contributed by atoms with van der Waals surface area (Å²) in [6.07, 6.45) is 0.432. The number of amides is 6. The Hall–Kier alpha value is -5.97. The number of ether oxygens (including phenoxy) is 1. The molecule has 1 saturated heterocycles. The highest BCUT2D eigenvalue weighted by Gasteiger charge is 2.36. The van der Waals surface area contributed by atoms with E-state index >= 15 is 0 Å². The molecule has 15 nitrogen and oxygen atoms in total. The lowest BCUT2D eigenvalue weighted by Crippen LogP contribution is -2.48. The molecule has 296 valence electrons. The van der Waals surface area contributed by atoms with E-state index in [9.17, 15) is 24.0 Å². The van der Waals surface area contributed by atoms with Crippen LogP contribution in [0.2, 0.25) is 0 Å². The number of alkyl halides is 1. The number of likely N-dealkylation sites (N-methyl/N-ethyl adjacent to an activating group) is 1. The Kier molecular flexibility index (Phi) is 11.7. The third-order valence-corrected chi connectivity index (χ3v) is 11.2. The number of urea groups is 1. The molecule has 0 spiro atoms. The Morgan fingerprint density at radius 2 is 1.63 bits per heavy atom. The zero-order valence-corrected chi connectivity index (χ0v) is 32.9. The molecule has 8 N–H and O–H groups in total. The Morgan fingerprint density at radius 3 is 2.35 bits per heavy atom. The number of anilines is 3. The summed E-state index contributed by atoms with van der Waals surface area (Å²) in [6.45, 7) is 3.44. The topological polar surface area (TPSA) is 208 Å². The molecule has 1 aromatic heterocycles. The summed E-state index contributed by atoms with van der Waals surface area (Å²) in [7, 11) is 2.03. The number of rotatable bonds is 11. The van der Waals surface area contributed by atoms with Gasteiger partial charge in [0.25, 0.3) is 11.8 Å². The Bertz CT molecular complexity index is 2340. The van der Waals surface area contributed by atoms with Crippen LogP contribution in [-0.2, 0) is 4.79 Å². The number of carbonyl (C=O) groups is 5. The summed E-state index contributed by atoms with van der Waals surface area (Å²) in [6, 6.07) is 21.7. The van der Waals surface area contributed by atoms with Gasteiger partial charge in [0, 0.05) is 89.8 Å². The van der Waals surface area contributed by atoms with Crippen LogP contribution in [0.3, 0.4) is 0 Å². The van der Waals surface area contributed by atoms with E-state index in [4.69, 9.17) is 16.2 Å². The minimum absolute atomic E-state index is 0.00807. The summed E-state index contributed by atoms with van der Waals surface area (Å²) in [5, 5.41) is 11.2. The van der Waals surface area contributed by atoms with Crippen molar-refractivity contribution in [3.63, 3.8) is 0 Å².